The minimum Gasteiger partial charge on any atom is -0.379 e. The second-order valence-corrected chi connectivity index (χ2v) is 5.04. The van der Waals surface area contributed by atoms with E-state index in [-0.39, 0.29) is 18.5 Å². The van der Waals surface area contributed by atoms with Crippen molar-refractivity contribution in [2.45, 2.75) is 58.0 Å². The minimum absolute atomic E-state index is 0.0396. The Morgan fingerprint density at radius 2 is 2.16 bits per heavy atom. The van der Waals surface area contributed by atoms with Crippen LogP contribution in [0.4, 0.5) is 0 Å². The monoisotopic (exact) mass is 272 g/mol. The van der Waals surface area contributed by atoms with Gasteiger partial charge in [0.05, 0.1) is 25.4 Å². The number of ether oxygens (including phenoxy) is 4. The van der Waals surface area contributed by atoms with Gasteiger partial charge in [0.15, 0.2) is 6.29 Å². The zero-order valence-electron chi connectivity index (χ0n) is 12.3. The van der Waals surface area contributed by atoms with Crippen molar-refractivity contribution in [2.24, 2.45) is 0 Å². The van der Waals surface area contributed by atoms with Crippen LogP contribution in [0.3, 0.4) is 0 Å². The number of hydrogen-bond acceptors (Lipinski definition) is 4. The zero-order valence-corrected chi connectivity index (χ0v) is 12.3. The summed E-state index contributed by atoms with van der Waals surface area (Å²) in [5.41, 5.74) is 0. The van der Waals surface area contributed by atoms with Crippen LogP contribution in [-0.4, -0.2) is 44.9 Å². The van der Waals surface area contributed by atoms with Crippen LogP contribution in [0, 0.1) is 0 Å². The van der Waals surface area contributed by atoms with Gasteiger partial charge in [0.25, 0.3) is 0 Å². The first-order valence-electron chi connectivity index (χ1n) is 7.29. The Morgan fingerprint density at radius 3 is 2.84 bits per heavy atom. The maximum absolute atomic E-state index is 5.77. The predicted octanol–water partition coefficient (Wildman–Crippen LogP) is 2.92. The van der Waals surface area contributed by atoms with E-state index in [2.05, 4.69) is 6.58 Å². The third-order valence-electron chi connectivity index (χ3n) is 3.04. The fourth-order valence-corrected chi connectivity index (χ4v) is 1.93. The highest BCUT2D eigenvalue weighted by atomic mass is 16.7. The maximum atomic E-state index is 5.77. The molecule has 1 rings (SSSR count). The van der Waals surface area contributed by atoms with Crippen LogP contribution in [0.25, 0.3) is 0 Å². The fourth-order valence-electron chi connectivity index (χ4n) is 1.93. The molecule has 0 aromatic heterocycles. The largest absolute Gasteiger partial charge is 0.379 e. The van der Waals surface area contributed by atoms with E-state index in [0.717, 1.165) is 25.9 Å². The van der Waals surface area contributed by atoms with Crippen molar-refractivity contribution in [2.75, 3.05) is 26.4 Å². The predicted molar refractivity (Wildman–Crippen MR) is 75.2 cm³/mol. The summed E-state index contributed by atoms with van der Waals surface area (Å²) in [5.74, 6) is 0. The van der Waals surface area contributed by atoms with Gasteiger partial charge in [-0.05, 0) is 39.5 Å². The highest BCUT2D eigenvalue weighted by Crippen LogP contribution is 2.15. The van der Waals surface area contributed by atoms with Crippen LogP contribution >= 0.6 is 0 Å². The molecule has 1 saturated heterocycles. The van der Waals surface area contributed by atoms with Crippen molar-refractivity contribution in [3.8, 4) is 0 Å². The summed E-state index contributed by atoms with van der Waals surface area (Å²) in [6.45, 7) is 10.4. The molecule has 19 heavy (non-hydrogen) atoms. The Morgan fingerprint density at radius 1 is 1.32 bits per heavy atom. The van der Waals surface area contributed by atoms with E-state index in [4.69, 9.17) is 18.9 Å². The van der Waals surface area contributed by atoms with E-state index >= 15 is 0 Å². The average molecular weight is 272 g/mol. The third kappa shape index (κ3) is 8.37. The normalized spacial score (nSPS) is 22.9. The molecule has 3 atom stereocenters. The summed E-state index contributed by atoms with van der Waals surface area (Å²) >= 11 is 0. The molecule has 112 valence electrons. The summed E-state index contributed by atoms with van der Waals surface area (Å²) in [5, 5.41) is 0. The van der Waals surface area contributed by atoms with Crippen LogP contribution in [0.1, 0.15) is 39.5 Å². The molecule has 1 aliphatic heterocycles. The first-order chi connectivity index (χ1) is 9.22. The summed E-state index contributed by atoms with van der Waals surface area (Å²) in [7, 11) is 0. The fraction of sp³-hybridized carbons (Fsp3) is 0.867. The maximum Gasteiger partial charge on any atom is 0.158 e. The zero-order chi connectivity index (χ0) is 13.9. The van der Waals surface area contributed by atoms with Crippen LogP contribution in [-0.2, 0) is 18.9 Å². The van der Waals surface area contributed by atoms with Crippen molar-refractivity contribution in [3.05, 3.63) is 12.7 Å². The Bertz CT molecular complexity index is 226. The van der Waals surface area contributed by atoms with Crippen LogP contribution < -0.4 is 0 Å². The van der Waals surface area contributed by atoms with Gasteiger partial charge < -0.3 is 18.9 Å². The summed E-state index contributed by atoms with van der Waals surface area (Å²) < 4.78 is 22.4. The van der Waals surface area contributed by atoms with E-state index in [9.17, 15) is 0 Å². The lowest BCUT2D eigenvalue weighted by Gasteiger charge is -2.26. The SMILES string of the molecule is C=CCOC(C)CCOCC(C)OC1CCCCO1. The Hall–Kier alpha value is -0.420. The van der Waals surface area contributed by atoms with Crippen LogP contribution in [0.15, 0.2) is 12.7 Å². The molecule has 3 unspecified atom stereocenters. The van der Waals surface area contributed by atoms with Gasteiger partial charge in [-0.15, -0.1) is 6.58 Å². The minimum atomic E-state index is -0.0396. The molecule has 4 heteroatoms. The van der Waals surface area contributed by atoms with Gasteiger partial charge in [-0.1, -0.05) is 6.08 Å². The first-order valence-corrected chi connectivity index (χ1v) is 7.29. The molecular weight excluding hydrogens is 244 g/mol. The molecule has 0 N–H and O–H groups in total. The highest BCUT2D eigenvalue weighted by molar-refractivity contribution is 4.65. The van der Waals surface area contributed by atoms with E-state index in [1.807, 2.05) is 13.8 Å². The standard InChI is InChI=1S/C15H28O4/c1-4-9-17-13(2)8-11-16-12-14(3)19-15-7-5-6-10-18-15/h4,13-15H,1,5-12H2,2-3H3. The average Bonchev–Trinajstić information content (AvgIpc) is 2.42. The number of rotatable bonds is 10. The lowest BCUT2D eigenvalue weighted by Crippen LogP contribution is -2.29. The molecule has 0 aromatic carbocycles. The second kappa shape index (κ2) is 10.4. The lowest BCUT2D eigenvalue weighted by atomic mass is 10.2. The Labute approximate surface area is 117 Å². The molecule has 0 amide bonds. The van der Waals surface area contributed by atoms with Gasteiger partial charge in [-0.25, -0.2) is 0 Å². The van der Waals surface area contributed by atoms with E-state index < -0.39 is 0 Å². The molecule has 1 heterocycles. The van der Waals surface area contributed by atoms with Crippen LogP contribution in [0.5, 0.6) is 0 Å². The molecule has 1 fully saturated rings. The molecule has 0 radical (unpaired) electrons. The van der Waals surface area contributed by atoms with Gasteiger partial charge in [-0.2, -0.15) is 0 Å². The molecule has 4 nitrogen and oxygen atoms in total. The highest BCUT2D eigenvalue weighted by Gasteiger charge is 2.17. The van der Waals surface area contributed by atoms with Gasteiger partial charge in [0.2, 0.25) is 0 Å². The molecule has 0 bridgehead atoms. The van der Waals surface area contributed by atoms with E-state index in [1.54, 1.807) is 6.08 Å². The Kier molecular flexibility index (Phi) is 9.08. The molecule has 0 saturated carbocycles. The number of hydrogen-bond donors (Lipinski definition) is 0. The summed E-state index contributed by atoms with van der Waals surface area (Å²) in [6, 6.07) is 0. The summed E-state index contributed by atoms with van der Waals surface area (Å²) in [4.78, 5) is 0. The van der Waals surface area contributed by atoms with Crippen molar-refractivity contribution in [3.63, 3.8) is 0 Å². The van der Waals surface area contributed by atoms with E-state index in [0.29, 0.717) is 19.8 Å². The van der Waals surface area contributed by atoms with Gasteiger partial charge in [0, 0.05) is 13.2 Å². The topological polar surface area (TPSA) is 36.9 Å². The van der Waals surface area contributed by atoms with Crippen LogP contribution in [0.2, 0.25) is 0 Å². The van der Waals surface area contributed by atoms with E-state index in [1.165, 1.54) is 6.42 Å². The van der Waals surface area contributed by atoms with Crippen molar-refractivity contribution >= 4 is 0 Å². The molecule has 0 aromatic rings. The molecule has 0 aliphatic carbocycles. The van der Waals surface area contributed by atoms with Gasteiger partial charge in [0.1, 0.15) is 0 Å². The van der Waals surface area contributed by atoms with Crippen molar-refractivity contribution in [1.29, 1.82) is 0 Å². The van der Waals surface area contributed by atoms with Crippen molar-refractivity contribution in [1.82, 2.24) is 0 Å². The van der Waals surface area contributed by atoms with Crippen molar-refractivity contribution < 1.29 is 18.9 Å². The first kappa shape index (κ1) is 16.6. The third-order valence-corrected chi connectivity index (χ3v) is 3.04. The summed E-state index contributed by atoms with van der Waals surface area (Å²) in [6.07, 6.45) is 6.23. The molecular formula is C15H28O4. The lowest BCUT2D eigenvalue weighted by molar-refractivity contribution is -0.194. The van der Waals surface area contributed by atoms with Gasteiger partial charge in [-0.3, -0.25) is 0 Å². The smallest absolute Gasteiger partial charge is 0.158 e. The molecule has 1 aliphatic rings. The molecule has 0 spiro atoms. The Balaban J connectivity index is 1.97. The second-order valence-electron chi connectivity index (χ2n) is 5.04. The van der Waals surface area contributed by atoms with Gasteiger partial charge >= 0.3 is 0 Å². The quantitative estimate of drug-likeness (QED) is 0.452.